The number of carboxylic acid groups (broad SMARTS) is 1. The van der Waals surface area contributed by atoms with Crippen molar-refractivity contribution in [3.05, 3.63) is 30.9 Å². The maximum Gasteiger partial charge on any atom is 0.323 e. The molecule has 2 aromatic heterocycles. The van der Waals surface area contributed by atoms with Crippen molar-refractivity contribution >= 4 is 11.8 Å². The van der Waals surface area contributed by atoms with Crippen molar-refractivity contribution in [3.8, 4) is 5.82 Å². The van der Waals surface area contributed by atoms with Crippen molar-refractivity contribution < 1.29 is 9.90 Å². The largest absolute Gasteiger partial charge is 0.480 e. The van der Waals surface area contributed by atoms with E-state index in [4.69, 9.17) is 5.11 Å². The fourth-order valence-electron chi connectivity index (χ4n) is 1.97. The van der Waals surface area contributed by atoms with Crippen LogP contribution in [0.3, 0.4) is 0 Å². The van der Waals surface area contributed by atoms with Crippen molar-refractivity contribution in [2.45, 2.75) is 20.8 Å². The van der Waals surface area contributed by atoms with Crippen LogP contribution in [-0.2, 0) is 4.79 Å². The summed E-state index contributed by atoms with van der Waals surface area (Å²) in [6.45, 7) is 6.59. The lowest BCUT2D eigenvalue weighted by molar-refractivity contribution is -0.135. The van der Waals surface area contributed by atoms with Crippen molar-refractivity contribution in [2.75, 3.05) is 18.0 Å². The Morgan fingerprint density at radius 3 is 2.71 bits per heavy atom. The Morgan fingerprint density at radius 1 is 1.38 bits per heavy atom. The van der Waals surface area contributed by atoms with Gasteiger partial charge in [0.2, 0.25) is 0 Å². The summed E-state index contributed by atoms with van der Waals surface area (Å²) in [6, 6.07) is 1.79. The number of anilines is 1. The van der Waals surface area contributed by atoms with E-state index in [-0.39, 0.29) is 12.0 Å². The number of aliphatic carboxylic acids is 1. The van der Waals surface area contributed by atoms with E-state index >= 15 is 0 Å². The second-order valence-electron chi connectivity index (χ2n) is 6.00. The highest BCUT2D eigenvalue weighted by Gasteiger charge is 2.20. The van der Waals surface area contributed by atoms with Crippen LogP contribution in [0.15, 0.2) is 30.9 Å². The van der Waals surface area contributed by atoms with Crippen LogP contribution in [0, 0.1) is 5.41 Å². The zero-order valence-corrected chi connectivity index (χ0v) is 12.4. The van der Waals surface area contributed by atoms with Gasteiger partial charge in [-0.2, -0.15) is 5.10 Å². The van der Waals surface area contributed by atoms with E-state index in [1.165, 1.54) is 0 Å². The molecule has 0 saturated carbocycles. The fourth-order valence-corrected chi connectivity index (χ4v) is 1.97. The molecule has 21 heavy (non-hydrogen) atoms. The van der Waals surface area contributed by atoms with Crippen molar-refractivity contribution in [1.82, 2.24) is 19.7 Å². The van der Waals surface area contributed by atoms with Crippen LogP contribution in [-0.4, -0.2) is 43.9 Å². The molecule has 0 fully saturated rings. The molecule has 0 bridgehead atoms. The van der Waals surface area contributed by atoms with Gasteiger partial charge in [0.1, 0.15) is 12.4 Å². The zero-order chi connectivity index (χ0) is 15.5. The van der Waals surface area contributed by atoms with Crippen LogP contribution >= 0.6 is 0 Å². The Hall–Kier alpha value is -2.44. The molecule has 0 aliphatic heterocycles. The molecule has 1 N–H and O–H groups in total. The second kappa shape index (κ2) is 5.90. The Balaban J connectivity index is 2.31. The normalized spacial score (nSPS) is 11.4. The van der Waals surface area contributed by atoms with Gasteiger partial charge in [-0.3, -0.25) is 9.78 Å². The van der Waals surface area contributed by atoms with Gasteiger partial charge in [0.25, 0.3) is 0 Å². The number of carboxylic acids is 1. The first-order valence-electron chi connectivity index (χ1n) is 6.64. The van der Waals surface area contributed by atoms with Gasteiger partial charge in [-0.05, 0) is 11.5 Å². The number of carbonyl (C=O) groups is 1. The molecule has 0 unspecified atom stereocenters. The first-order valence-corrected chi connectivity index (χ1v) is 6.64. The number of rotatable bonds is 5. The SMILES string of the molecule is CC(C)(C)CN(CC(=O)O)c1cncc(-n2cccn2)n1. The predicted molar refractivity (Wildman–Crippen MR) is 78.5 cm³/mol. The highest BCUT2D eigenvalue weighted by molar-refractivity contribution is 5.73. The third kappa shape index (κ3) is 4.27. The third-order valence-corrected chi connectivity index (χ3v) is 2.66. The summed E-state index contributed by atoms with van der Waals surface area (Å²) < 4.78 is 1.59. The fraction of sp³-hybridized carbons (Fsp3) is 0.429. The second-order valence-corrected chi connectivity index (χ2v) is 6.00. The van der Waals surface area contributed by atoms with Gasteiger partial charge in [0.05, 0.1) is 12.4 Å². The van der Waals surface area contributed by atoms with E-state index in [1.54, 1.807) is 40.4 Å². The molecule has 0 radical (unpaired) electrons. The molecule has 0 spiro atoms. The summed E-state index contributed by atoms with van der Waals surface area (Å²) in [5, 5.41) is 13.2. The van der Waals surface area contributed by atoms with Crippen molar-refractivity contribution in [2.24, 2.45) is 5.41 Å². The van der Waals surface area contributed by atoms with Crippen LogP contribution in [0.1, 0.15) is 20.8 Å². The molecule has 0 atom stereocenters. The van der Waals surface area contributed by atoms with Crippen LogP contribution in [0.2, 0.25) is 0 Å². The molecule has 0 saturated heterocycles. The summed E-state index contributed by atoms with van der Waals surface area (Å²) in [5.41, 5.74) is -0.0567. The van der Waals surface area contributed by atoms with E-state index in [9.17, 15) is 4.79 Å². The molecule has 7 heteroatoms. The highest BCUT2D eigenvalue weighted by Crippen LogP contribution is 2.20. The Labute approximate surface area is 123 Å². The molecule has 2 rings (SSSR count). The monoisotopic (exact) mass is 289 g/mol. The lowest BCUT2D eigenvalue weighted by atomic mass is 9.96. The average Bonchev–Trinajstić information content (AvgIpc) is 2.90. The Morgan fingerprint density at radius 2 is 2.14 bits per heavy atom. The highest BCUT2D eigenvalue weighted by atomic mass is 16.4. The van der Waals surface area contributed by atoms with Crippen molar-refractivity contribution in [1.29, 1.82) is 0 Å². The smallest absolute Gasteiger partial charge is 0.323 e. The van der Waals surface area contributed by atoms with E-state index in [0.717, 1.165) is 0 Å². The third-order valence-electron chi connectivity index (χ3n) is 2.66. The predicted octanol–water partition coefficient (Wildman–Crippen LogP) is 1.60. The molecular weight excluding hydrogens is 270 g/mol. The topological polar surface area (TPSA) is 84.1 Å². The molecule has 7 nitrogen and oxygen atoms in total. The summed E-state index contributed by atoms with van der Waals surface area (Å²) in [4.78, 5) is 21.4. The van der Waals surface area contributed by atoms with Gasteiger partial charge in [0.15, 0.2) is 5.82 Å². The van der Waals surface area contributed by atoms with Gasteiger partial charge in [-0.15, -0.1) is 0 Å². The van der Waals surface area contributed by atoms with Gasteiger partial charge in [-0.25, -0.2) is 9.67 Å². The maximum absolute atomic E-state index is 11.1. The van der Waals surface area contributed by atoms with Crippen molar-refractivity contribution in [3.63, 3.8) is 0 Å². The summed E-state index contributed by atoms with van der Waals surface area (Å²) in [5.74, 6) is 0.188. The first-order chi connectivity index (χ1) is 9.85. The van der Waals surface area contributed by atoms with E-state index in [1.807, 2.05) is 20.8 Å². The number of aromatic nitrogens is 4. The zero-order valence-electron chi connectivity index (χ0n) is 12.4. The lowest BCUT2D eigenvalue weighted by Gasteiger charge is -2.29. The van der Waals surface area contributed by atoms with Gasteiger partial charge >= 0.3 is 5.97 Å². The molecule has 0 aliphatic carbocycles. The molecular formula is C14H19N5O2. The molecule has 0 aliphatic rings. The maximum atomic E-state index is 11.1. The first kappa shape index (κ1) is 15.0. The minimum atomic E-state index is -0.898. The number of nitrogens with zero attached hydrogens (tertiary/aromatic N) is 5. The van der Waals surface area contributed by atoms with Gasteiger partial charge in [-0.1, -0.05) is 20.8 Å². The average molecular weight is 289 g/mol. The van der Waals surface area contributed by atoms with Crippen LogP contribution in [0.25, 0.3) is 5.82 Å². The molecule has 2 heterocycles. The molecule has 112 valence electrons. The molecule has 0 amide bonds. The molecule has 0 aromatic carbocycles. The quantitative estimate of drug-likeness (QED) is 0.900. The van der Waals surface area contributed by atoms with Crippen LogP contribution in [0.5, 0.6) is 0 Å². The Bertz CT molecular complexity index is 604. The standard InChI is InChI=1S/C14H19N5O2/c1-14(2,3)10-18(9-13(20)21)11-7-15-8-12(17-11)19-6-4-5-16-19/h4-8H,9-10H2,1-3H3,(H,20,21). The Kier molecular flexibility index (Phi) is 4.21. The van der Waals surface area contributed by atoms with Gasteiger partial charge in [0, 0.05) is 18.9 Å². The van der Waals surface area contributed by atoms with Gasteiger partial charge < -0.3 is 10.0 Å². The lowest BCUT2D eigenvalue weighted by Crippen LogP contribution is -2.37. The summed E-state index contributed by atoms with van der Waals surface area (Å²) in [6.07, 6.45) is 6.58. The number of hydrogen-bond acceptors (Lipinski definition) is 5. The van der Waals surface area contributed by atoms with E-state index in [2.05, 4.69) is 15.1 Å². The van der Waals surface area contributed by atoms with E-state index in [0.29, 0.717) is 18.2 Å². The minimum Gasteiger partial charge on any atom is -0.480 e. The van der Waals surface area contributed by atoms with Crippen LogP contribution in [0.4, 0.5) is 5.82 Å². The summed E-state index contributed by atoms with van der Waals surface area (Å²) in [7, 11) is 0. The summed E-state index contributed by atoms with van der Waals surface area (Å²) >= 11 is 0. The number of hydrogen-bond donors (Lipinski definition) is 1. The minimum absolute atomic E-state index is 0.0567. The van der Waals surface area contributed by atoms with E-state index < -0.39 is 5.97 Å². The molecule has 2 aromatic rings. The van der Waals surface area contributed by atoms with Crippen LogP contribution < -0.4 is 4.90 Å².